The molecule has 0 saturated carbocycles. The van der Waals surface area contributed by atoms with E-state index in [1.165, 1.54) is 18.4 Å². The number of ether oxygens (including phenoxy) is 2. The highest BCUT2D eigenvalue weighted by molar-refractivity contribution is 9.10. The Labute approximate surface area is 157 Å². The van der Waals surface area contributed by atoms with Crippen LogP contribution in [0.3, 0.4) is 0 Å². The number of methoxy groups -OCH3 is 1. The zero-order valence-corrected chi connectivity index (χ0v) is 16.0. The van der Waals surface area contributed by atoms with Crippen LogP contribution < -0.4 is 5.43 Å². The van der Waals surface area contributed by atoms with Gasteiger partial charge in [0.1, 0.15) is 0 Å². The van der Waals surface area contributed by atoms with Gasteiger partial charge in [-0.05, 0) is 40.5 Å². The standard InChI is InChI=1S/C16H16BrN3O4S/c1-3-24-14(21)7-11-9-25-16(19-11)20-18-8-10-4-5-12(13(17)6-10)15(22)23-2/h4-6,8-9H,3,7H2,1-2H3,(H,19,20). The van der Waals surface area contributed by atoms with Crippen molar-refractivity contribution in [1.29, 1.82) is 0 Å². The number of carbonyl (C=O) groups is 2. The van der Waals surface area contributed by atoms with Gasteiger partial charge >= 0.3 is 11.9 Å². The molecule has 0 fully saturated rings. The average molecular weight is 426 g/mol. The minimum atomic E-state index is -0.412. The first kappa shape index (κ1) is 19.1. The van der Waals surface area contributed by atoms with E-state index in [4.69, 9.17) is 4.74 Å². The molecule has 0 saturated heterocycles. The number of thiazole rings is 1. The van der Waals surface area contributed by atoms with Crippen molar-refractivity contribution in [3.63, 3.8) is 0 Å². The molecule has 1 N–H and O–H groups in total. The second-order valence-electron chi connectivity index (χ2n) is 4.73. The molecule has 0 aliphatic rings. The average Bonchev–Trinajstić information content (AvgIpc) is 3.01. The van der Waals surface area contributed by atoms with Crippen molar-refractivity contribution in [3.8, 4) is 0 Å². The molecular weight excluding hydrogens is 410 g/mol. The third-order valence-electron chi connectivity index (χ3n) is 2.95. The summed E-state index contributed by atoms with van der Waals surface area (Å²) in [7, 11) is 1.33. The monoisotopic (exact) mass is 425 g/mol. The Morgan fingerprint density at radius 3 is 2.92 bits per heavy atom. The summed E-state index contributed by atoms with van der Waals surface area (Å²) in [6, 6.07) is 5.15. The summed E-state index contributed by atoms with van der Waals surface area (Å²) in [6.45, 7) is 2.11. The van der Waals surface area contributed by atoms with Crippen molar-refractivity contribution < 1.29 is 19.1 Å². The second kappa shape index (κ2) is 9.28. The smallest absolute Gasteiger partial charge is 0.339 e. The molecule has 25 heavy (non-hydrogen) atoms. The summed E-state index contributed by atoms with van der Waals surface area (Å²) >= 11 is 4.67. The predicted molar refractivity (Wildman–Crippen MR) is 99.1 cm³/mol. The quantitative estimate of drug-likeness (QED) is 0.415. The van der Waals surface area contributed by atoms with Gasteiger partial charge in [0, 0.05) is 9.85 Å². The molecule has 1 aromatic heterocycles. The molecule has 0 unspecified atom stereocenters. The fourth-order valence-corrected chi connectivity index (χ4v) is 3.07. The molecule has 0 aliphatic heterocycles. The largest absolute Gasteiger partial charge is 0.466 e. The number of halogens is 1. The van der Waals surface area contributed by atoms with Crippen molar-refractivity contribution in [2.45, 2.75) is 13.3 Å². The van der Waals surface area contributed by atoms with Gasteiger partial charge in [0.15, 0.2) is 0 Å². The number of anilines is 1. The maximum absolute atomic E-state index is 11.5. The van der Waals surface area contributed by atoms with Crippen LogP contribution >= 0.6 is 27.3 Å². The first-order valence-corrected chi connectivity index (χ1v) is 8.97. The van der Waals surface area contributed by atoms with Crippen molar-refractivity contribution in [2.75, 3.05) is 19.1 Å². The van der Waals surface area contributed by atoms with E-state index in [1.807, 2.05) is 0 Å². The third-order valence-corrected chi connectivity index (χ3v) is 4.41. The van der Waals surface area contributed by atoms with Crippen LogP contribution in [-0.4, -0.2) is 36.9 Å². The number of hydrogen-bond donors (Lipinski definition) is 1. The van der Waals surface area contributed by atoms with E-state index < -0.39 is 5.97 Å². The Hall–Kier alpha value is -2.26. The number of nitrogens with one attached hydrogen (secondary N) is 1. The molecule has 9 heteroatoms. The lowest BCUT2D eigenvalue weighted by Crippen LogP contribution is -2.07. The molecule has 7 nitrogen and oxygen atoms in total. The van der Waals surface area contributed by atoms with Gasteiger partial charge in [0.05, 0.1) is 37.6 Å². The molecular formula is C16H16BrN3O4S. The Balaban J connectivity index is 1.95. The third kappa shape index (κ3) is 5.64. The minimum absolute atomic E-state index is 0.137. The first-order valence-electron chi connectivity index (χ1n) is 7.30. The number of nitrogens with zero attached hydrogens (tertiary/aromatic N) is 2. The highest BCUT2D eigenvalue weighted by Gasteiger charge is 2.10. The van der Waals surface area contributed by atoms with Gasteiger partial charge in [-0.2, -0.15) is 5.10 Å². The van der Waals surface area contributed by atoms with Crippen LogP contribution in [0, 0.1) is 0 Å². The molecule has 2 rings (SSSR count). The van der Waals surface area contributed by atoms with Crippen molar-refractivity contribution in [1.82, 2.24) is 4.98 Å². The number of aromatic nitrogens is 1. The number of esters is 2. The highest BCUT2D eigenvalue weighted by atomic mass is 79.9. The van der Waals surface area contributed by atoms with Gasteiger partial charge in [-0.25, -0.2) is 9.78 Å². The molecule has 1 aromatic carbocycles. The van der Waals surface area contributed by atoms with Crippen molar-refractivity contribution >= 4 is 50.6 Å². The molecule has 132 valence electrons. The maximum atomic E-state index is 11.5. The number of rotatable bonds is 7. The molecule has 1 heterocycles. The summed E-state index contributed by atoms with van der Waals surface area (Å²) in [5.41, 5.74) is 4.66. The van der Waals surface area contributed by atoms with E-state index in [1.54, 1.807) is 36.7 Å². The number of carbonyl (C=O) groups excluding carboxylic acids is 2. The van der Waals surface area contributed by atoms with Crippen LogP contribution in [0.15, 0.2) is 33.2 Å². The molecule has 0 aliphatic carbocycles. The summed E-state index contributed by atoms with van der Waals surface area (Å²) in [4.78, 5) is 27.2. The summed E-state index contributed by atoms with van der Waals surface area (Å²) < 4.78 is 10.2. The fraction of sp³-hybridized carbons (Fsp3) is 0.250. The zero-order chi connectivity index (χ0) is 18.2. The van der Waals surface area contributed by atoms with Crippen LogP contribution in [0.4, 0.5) is 5.13 Å². The fourth-order valence-electron chi connectivity index (χ4n) is 1.85. The highest BCUT2D eigenvalue weighted by Crippen LogP contribution is 2.19. The van der Waals surface area contributed by atoms with Crippen LogP contribution in [0.5, 0.6) is 0 Å². The van der Waals surface area contributed by atoms with Crippen molar-refractivity contribution in [2.24, 2.45) is 5.10 Å². The minimum Gasteiger partial charge on any atom is -0.466 e. The van der Waals surface area contributed by atoms with Gasteiger partial charge in [0.25, 0.3) is 0 Å². The number of benzene rings is 1. The Bertz CT molecular complexity index is 791. The normalized spacial score (nSPS) is 10.7. The second-order valence-corrected chi connectivity index (χ2v) is 6.44. The lowest BCUT2D eigenvalue weighted by molar-refractivity contribution is -0.142. The number of hydrazone groups is 1. The molecule has 0 radical (unpaired) electrons. The Morgan fingerprint density at radius 1 is 1.44 bits per heavy atom. The van der Waals surface area contributed by atoms with Crippen LogP contribution in [0.2, 0.25) is 0 Å². The summed E-state index contributed by atoms with van der Waals surface area (Å²) in [5, 5.41) is 6.44. The summed E-state index contributed by atoms with van der Waals surface area (Å²) in [6.07, 6.45) is 1.73. The maximum Gasteiger partial charge on any atom is 0.339 e. The van der Waals surface area contributed by atoms with E-state index in [-0.39, 0.29) is 12.4 Å². The van der Waals surface area contributed by atoms with Gasteiger partial charge in [0.2, 0.25) is 5.13 Å². The summed E-state index contributed by atoms with van der Waals surface area (Å²) in [5.74, 6) is -0.719. The van der Waals surface area contributed by atoms with Gasteiger partial charge < -0.3 is 9.47 Å². The van der Waals surface area contributed by atoms with Crippen LogP contribution in [0.25, 0.3) is 0 Å². The predicted octanol–water partition coefficient (Wildman–Crippen LogP) is 3.24. The molecule has 0 atom stereocenters. The zero-order valence-electron chi connectivity index (χ0n) is 13.6. The van der Waals surface area contributed by atoms with E-state index in [9.17, 15) is 9.59 Å². The van der Waals surface area contributed by atoms with E-state index >= 15 is 0 Å². The molecule has 2 aromatic rings. The lowest BCUT2D eigenvalue weighted by atomic mass is 10.1. The van der Waals surface area contributed by atoms with E-state index in [0.29, 0.717) is 27.5 Å². The van der Waals surface area contributed by atoms with Gasteiger partial charge in [-0.3, -0.25) is 10.2 Å². The van der Waals surface area contributed by atoms with Crippen LogP contribution in [0.1, 0.15) is 28.5 Å². The molecule has 0 spiro atoms. The topological polar surface area (TPSA) is 89.9 Å². The lowest BCUT2D eigenvalue weighted by Gasteiger charge is -2.03. The van der Waals surface area contributed by atoms with Gasteiger partial charge in [-0.1, -0.05) is 6.07 Å². The molecule has 0 amide bonds. The Kier molecular flexibility index (Phi) is 7.08. The number of hydrogen-bond acceptors (Lipinski definition) is 8. The van der Waals surface area contributed by atoms with E-state index in [0.717, 1.165) is 5.56 Å². The van der Waals surface area contributed by atoms with Gasteiger partial charge in [-0.15, -0.1) is 11.3 Å². The SMILES string of the molecule is CCOC(=O)Cc1csc(NN=Cc2ccc(C(=O)OC)c(Br)c2)n1. The van der Waals surface area contributed by atoms with Crippen molar-refractivity contribution in [3.05, 3.63) is 44.9 Å². The van der Waals surface area contributed by atoms with E-state index in [2.05, 4.69) is 36.2 Å². The first-order chi connectivity index (χ1) is 12.0. The Morgan fingerprint density at radius 2 is 2.24 bits per heavy atom. The van der Waals surface area contributed by atoms with Crippen LogP contribution in [-0.2, 0) is 20.7 Å². The molecule has 0 bridgehead atoms.